The predicted octanol–water partition coefficient (Wildman–Crippen LogP) is 4.70. The SMILES string of the molecule is CC1=C(C#N)C(=O)N(CC(C)C)C(=O)/C1=C/c1cn(-c2ccccc2)nc1-c1cccc([N+](=O)[O-])c1. The van der Waals surface area contributed by atoms with Crippen molar-refractivity contribution in [2.24, 2.45) is 5.92 Å². The molecule has 0 N–H and O–H groups in total. The molecule has 3 aromatic rings. The van der Waals surface area contributed by atoms with Crippen LogP contribution < -0.4 is 0 Å². The van der Waals surface area contributed by atoms with E-state index in [4.69, 9.17) is 0 Å². The first-order valence-corrected chi connectivity index (χ1v) is 11.3. The topological polar surface area (TPSA) is 122 Å². The number of nitro groups is 1. The smallest absolute Gasteiger partial charge is 0.271 e. The molecule has 0 saturated heterocycles. The Balaban J connectivity index is 1.94. The van der Waals surface area contributed by atoms with Crippen LogP contribution in [0.4, 0.5) is 5.69 Å². The summed E-state index contributed by atoms with van der Waals surface area (Å²) in [5.41, 5.74) is 2.48. The van der Waals surface area contributed by atoms with Crippen molar-refractivity contribution >= 4 is 23.6 Å². The van der Waals surface area contributed by atoms with Gasteiger partial charge in [-0.1, -0.05) is 44.2 Å². The number of para-hydroxylation sites is 1. The summed E-state index contributed by atoms with van der Waals surface area (Å²) in [7, 11) is 0. The number of carbonyl (C=O) groups excluding carboxylic acids is 2. The molecule has 0 spiro atoms. The van der Waals surface area contributed by atoms with Crippen LogP contribution >= 0.6 is 0 Å². The maximum atomic E-state index is 13.4. The fraction of sp³-hybridized carbons (Fsp3) is 0.185. The summed E-state index contributed by atoms with van der Waals surface area (Å²) in [4.78, 5) is 38.2. The molecule has 9 heteroatoms. The molecular weight excluding hydrogens is 458 g/mol. The first kappa shape index (κ1) is 24.3. The molecule has 1 aromatic heterocycles. The Morgan fingerprint density at radius 2 is 1.83 bits per heavy atom. The minimum absolute atomic E-state index is 0.0127. The van der Waals surface area contributed by atoms with Crippen molar-refractivity contribution in [3.8, 4) is 23.0 Å². The van der Waals surface area contributed by atoms with Gasteiger partial charge < -0.3 is 0 Å². The van der Waals surface area contributed by atoms with E-state index in [-0.39, 0.29) is 34.9 Å². The van der Waals surface area contributed by atoms with Gasteiger partial charge in [0.1, 0.15) is 17.3 Å². The minimum atomic E-state index is -0.607. The molecular formula is C27H23N5O4. The van der Waals surface area contributed by atoms with E-state index in [1.165, 1.54) is 12.1 Å². The summed E-state index contributed by atoms with van der Waals surface area (Å²) in [6, 6.07) is 17.3. The molecule has 180 valence electrons. The second-order valence-corrected chi connectivity index (χ2v) is 8.81. The summed E-state index contributed by atoms with van der Waals surface area (Å²) < 4.78 is 1.62. The zero-order valence-corrected chi connectivity index (χ0v) is 20.0. The van der Waals surface area contributed by atoms with Crippen LogP contribution in [0.15, 0.2) is 77.5 Å². The van der Waals surface area contributed by atoms with Gasteiger partial charge in [0.25, 0.3) is 17.5 Å². The van der Waals surface area contributed by atoms with E-state index in [9.17, 15) is 25.0 Å². The highest BCUT2D eigenvalue weighted by atomic mass is 16.6. The highest BCUT2D eigenvalue weighted by Gasteiger charge is 2.36. The maximum Gasteiger partial charge on any atom is 0.271 e. The molecule has 36 heavy (non-hydrogen) atoms. The number of hydrogen-bond donors (Lipinski definition) is 0. The number of aromatic nitrogens is 2. The van der Waals surface area contributed by atoms with Gasteiger partial charge in [-0.25, -0.2) is 4.68 Å². The van der Waals surface area contributed by atoms with Gasteiger partial charge in [-0.3, -0.25) is 24.6 Å². The van der Waals surface area contributed by atoms with Crippen LogP contribution in [0.1, 0.15) is 26.3 Å². The van der Waals surface area contributed by atoms with Gasteiger partial charge in [-0.2, -0.15) is 10.4 Å². The third kappa shape index (κ3) is 4.57. The van der Waals surface area contributed by atoms with Gasteiger partial charge in [0.15, 0.2) is 0 Å². The second-order valence-electron chi connectivity index (χ2n) is 8.81. The lowest BCUT2D eigenvalue weighted by Crippen LogP contribution is -2.44. The molecule has 0 aliphatic carbocycles. The zero-order valence-electron chi connectivity index (χ0n) is 20.0. The Morgan fingerprint density at radius 3 is 2.47 bits per heavy atom. The van der Waals surface area contributed by atoms with Gasteiger partial charge in [0, 0.05) is 41.6 Å². The molecule has 0 bridgehead atoms. The van der Waals surface area contributed by atoms with Crippen LogP contribution in [0.25, 0.3) is 23.0 Å². The van der Waals surface area contributed by atoms with Gasteiger partial charge in [0.05, 0.1) is 10.6 Å². The van der Waals surface area contributed by atoms with E-state index in [2.05, 4.69) is 5.10 Å². The fourth-order valence-electron chi connectivity index (χ4n) is 4.01. The second kappa shape index (κ2) is 9.80. The van der Waals surface area contributed by atoms with Crippen LogP contribution in [0, 0.1) is 27.4 Å². The van der Waals surface area contributed by atoms with E-state index in [1.807, 2.05) is 50.2 Å². The van der Waals surface area contributed by atoms with Crippen molar-refractivity contribution in [1.82, 2.24) is 14.7 Å². The van der Waals surface area contributed by atoms with Gasteiger partial charge in [0.2, 0.25) is 0 Å². The number of amides is 2. The number of imide groups is 1. The molecule has 0 fully saturated rings. The Hall–Kier alpha value is -4.84. The number of carbonyl (C=O) groups is 2. The Kier molecular flexibility index (Phi) is 6.61. The number of nitro benzene ring substituents is 1. The van der Waals surface area contributed by atoms with E-state index >= 15 is 0 Å². The monoisotopic (exact) mass is 481 g/mol. The Morgan fingerprint density at radius 1 is 1.11 bits per heavy atom. The highest BCUT2D eigenvalue weighted by molar-refractivity contribution is 6.19. The van der Waals surface area contributed by atoms with Crippen molar-refractivity contribution in [3.63, 3.8) is 0 Å². The number of nitrogens with zero attached hydrogens (tertiary/aromatic N) is 5. The van der Waals surface area contributed by atoms with E-state index in [0.29, 0.717) is 16.8 Å². The summed E-state index contributed by atoms with van der Waals surface area (Å²) >= 11 is 0. The summed E-state index contributed by atoms with van der Waals surface area (Å²) in [6.07, 6.45) is 3.31. The standard InChI is InChI=1S/C27H23N5O4/c1-17(2)15-30-26(33)23(18(3)24(14-28)27(30)34)13-20-16-31(21-9-5-4-6-10-21)29-25(20)19-8-7-11-22(12-19)32(35)36/h4-13,16-17H,15H2,1-3H3/b23-13+. The Labute approximate surface area is 207 Å². The van der Waals surface area contributed by atoms with Crippen LogP contribution in [0.2, 0.25) is 0 Å². The van der Waals surface area contributed by atoms with E-state index in [1.54, 1.807) is 36.0 Å². The quantitative estimate of drug-likeness (QED) is 0.218. The van der Waals surface area contributed by atoms with Crippen molar-refractivity contribution in [1.29, 1.82) is 5.26 Å². The van der Waals surface area contributed by atoms with Gasteiger partial charge in [-0.15, -0.1) is 0 Å². The lowest BCUT2D eigenvalue weighted by atomic mass is 9.92. The first-order chi connectivity index (χ1) is 17.2. The Bertz CT molecular complexity index is 1480. The highest BCUT2D eigenvalue weighted by Crippen LogP contribution is 2.32. The summed E-state index contributed by atoms with van der Waals surface area (Å²) in [5.74, 6) is -1.09. The zero-order chi connectivity index (χ0) is 26.0. The number of rotatable bonds is 6. The van der Waals surface area contributed by atoms with Crippen molar-refractivity contribution in [3.05, 3.63) is 93.2 Å². The molecule has 0 atom stereocenters. The van der Waals surface area contributed by atoms with Crippen LogP contribution in [0.5, 0.6) is 0 Å². The number of non-ortho nitro benzene ring substituents is 1. The fourth-order valence-corrected chi connectivity index (χ4v) is 4.01. The largest absolute Gasteiger partial charge is 0.273 e. The molecule has 2 heterocycles. The molecule has 1 aliphatic rings. The molecule has 9 nitrogen and oxygen atoms in total. The summed E-state index contributed by atoms with van der Waals surface area (Å²) in [6.45, 7) is 5.51. The van der Waals surface area contributed by atoms with Crippen molar-refractivity contribution in [2.45, 2.75) is 20.8 Å². The minimum Gasteiger partial charge on any atom is -0.273 e. The lowest BCUT2D eigenvalue weighted by molar-refractivity contribution is -0.384. The summed E-state index contributed by atoms with van der Waals surface area (Å²) in [5, 5.41) is 25.7. The predicted molar refractivity (Wildman–Crippen MR) is 134 cm³/mol. The third-order valence-electron chi connectivity index (χ3n) is 5.77. The lowest BCUT2D eigenvalue weighted by Gasteiger charge is -2.28. The molecule has 0 unspecified atom stereocenters. The van der Waals surface area contributed by atoms with Crippen LogP contribution in [0.3, 0.4) is 0 Å². The van der Waals surface area contributed by atoms with E-state index in [0.717, 1.165) is 10.6 Å². The average Bonchev–Trinajstić information content (AvgIpc) is 3.29. The van der Waals surface area contributed by atoms with Crippen LogP contribution in [-0.4, -0.2) is 38.0 Å². The number of benzene rings is 2. The molecule has 1 aliphatic heterocycles. The van der Waals surface area contributed by atoms with Crippen LogP contribution in [-0.2, 0) is 9.59 Å². The van der Waals surface area contributed by atoms with Gasteiger partial charge in [-0.05, 0) is 36.6 Å². The van der Waals surface area contributed by atoms with Crippen molar-refractivity contribution in [2.75, 3.05) is 6.54 Å². The normalized spacial score (nSPS) is 15.1. The van der Waals surface area contributed by atoms with E-state index < -0.39 is 16.7 Å². The maximum absolute atomic E-state index is 13.4. The first-order valence-electron chi connectivity index (χ1n) is 11.3. The number of nitriles is 1. The van der Waals surface area contributed by atoms with Gasteiger partial charge >= 0.3 is 0 Å². The number of hydrogen-bond acceptors (Lipinski definition) is 6. The molecule has 0 radical (unpaired) electrons. The molecule has 0 saturated carbocycles. The van der Waals surface area contributed by atoms with Crippen molar-refractivity contribution < 1.29 is 14.5 Å². The molecule has 2 aromatic carbocycles. The average molecular weight is 482 g/mol. The molecule has 4 rings (SSSR count). The third-order valence-corrected chi connectivity index (χ3v) is 5.77. The molecule has 2 amide bonds.